The highest BCUT2D eigenvalue weighted by Crippen LogP contribution is 2.46. The summed E-state index contributed by atoms with van der Waals surface area (Å²) >= 11 is 0. The second-order valence-electron chi connectivity index (χ2n) is 9.42. The van der Waals surface area contributed by atoms with Crippen molar-refractivity contribution in [3.8, 4) is 5.75 Å². The van der Waals surface area contributed by atoms with E-state index in [1.54, 1.807) is 22.8 Å². The van der Waals surface area contributed by atoms with Crippen LogP contribution >= 0.6 is 0 Å². The molecule has 2 N–H and O–H groups in total. The summed E-state index contributed by atoms with van der Waals surface area (Å²) < 4.78 is 33.6. The van der Waals surface area contributed by atoms with Crippen LogP contribution < -0.4 is 25.8 Å². The molecule has 0 spiro atoms. The number of hydrogen-bond donors (Lipinski definition) is 2. The Balaban J connectivity index is 0.985. The van der Waals surface area contributed by atoms with Crippen LogP contribution in [0.2, 0.25) is 0 Å². The fourth-order valence-corrected chi connectivity index (χ4v) is 5.57. The van der Waals surface area contributed by atoms with Gasteiger partial charge >= 0.3 is 0 Å². The third kappa shape index (κ3) is 3.24. The first kappa shape index (κ1) is 20.9. The van der Waals surface area contributed by atoms with Gasteiger partial charge in [-0.25, -0.2) is 4.39 Å². The number of nitrogens with one attached hydrogen (secondary N) is 2. The number of fused-ring (bicyclic) bond motifs is 2. The molecular weight excluding hydrogens is 455 g/mol. The van der Waals surface area contributed by atoms with Crippen LogP contribution in [0.1, 0.15) is 18.0 Å². The molecule has 3 saturated heterocycles. The summed E-state index contributed by atoms with van der Waals surface area (Å²) in [6.45, 7) is 1.74. The lowest BCUT2D eigenvalue weighted by Gasteiger charge is -2.37. The summed E-state index contributed by atoms with van der Waals surface area (Å²) in [7, 11) is 0. The molecule has 1 amide bonds. The monoisotopic (exact) mass is 478 g/mol. The van der Waals surface area contributed by atoms with Crippen LogP contribution in [0, 0.1) is 5.82 Å². The molecule has 35 heavy (non-hydrogen) atoms. The van der Waals surface area contributed by atoms with Gasteiger partial charge in [-0.3, -0.25) is 9.59 Å². The molecule has 1 aromatic heterocycles. The number of carbonyl (C=O) groups is 1. The summed E-state index contributed by atoms with van der Waals surface area (Å²) in [5.41, 5.74) is 2.72. The molecule has 3 fully saturated rings. The molecule has 0 radical (unpaired) electrons. The molecule has 180 valence electrons. The van der Waals surface area contributed by atoms with Crippen molar-refractivity contribution in [2.45, 2.75) is 31.1 Å². The number of hydrogen-bond acceptors (Lipinski definition) is 7. The van der Waals surface area contributed by atoms with Crippen molar-refractivity contribution < 1.29 is 23.4 Å². The number of amides is 1. The van der Waals surface area contributed by atoms with Crippen LogP contribution in [-0.4, -0.2) is 48.9 Å². The van der Waals surface area contributed by atoms with Gasteiger partial charge in [0.25, 0.3) is 11.5 Å². The van der Waals surface area contributed by atoms with Crippen LogP contribution in [0.15, 0.2) is 47.3 Å². The summed E-state index contributed by atoms with van der Waals surface area (Å²) in [6, 6.07) is 12.0. The average Bonchev–Trinajstić information content (AvgIpc) is 3.51. The molecule has 1 unspecified atom stereocenters. The largest absolute Gasteiger partial charge is 0.482 e. The van der Waals surface area contributed by atoms with Gasteiger partial charge in [-0.05, 0) is 48.2 Å². The number of nitrogens with zero attached hydrogens (tertiary/aromatic N) is 2. The smallest absolute Gasteiger partial charge is 0.262 e. The molecule has 10 heteroatoms. The van der Waals surface area contributed by atoms with Crippen LogP contribution in [0.5, 0.6) is 5.75 Å². The van der Waals surface area contributed by atoms with E-state index in [-0.39, 0.29) is 29.9 Å². The third-order valence-corrected chi connectivity index (χ3v) is 7.23. The maximum atomic E-state index is 14.4. The predicted octanol–water partition coefficient (Wildman–Crippen LogP) is 2.10. The zero-order valence-corrected chi connectivity index (χ0v) is 18.8. The molecule has 5 aliphatic rings. The zero-order chi connectivity index (χ0) is 23.7. The number of aromatic nitrogens is 1. The minimum absolute atomic E-state index is 0.0205. The highest BCUT2D eigenvalue weighted by Gasteiger charge is 2.58. The highest BCUT2D eigenvalue weighted by molar-refractivity contribution is 5.96. The van der Waals surface area contributed by atoms with Crippen molar-refractivity contribution in [3.63, 3.8) is 0 Å². The number of ether oxygens (including phenoxy) is 3. The number of halogens is 1. The zero-order valence-electron chi connectivity index (χ0n) is 18.8. The Kier molecular flexibility index (Phi) is 4.48. The molecule has 3 aromatic rings. The highest BCUT2D eigenvalue weighted by atomic mass is 19.1. The van der Waals surface area contributed by atoms with Crippen molar-refractivity contribution in [1.29, 1.82) is 0 Å². The van der Waals surface area contributed by atoms with Crippen molar-refractivity contribution in [2.24, 2.45) is 0 Å². The Labute approximate surface area is 199 Å². The van der Waals surface area contributed by atoms with Crippen LogP contribution in [0.25, 0.3) is 10.9 Å². The Morgan fingerprint density at radius 2 is 2.00 bits per heavy atom. The van der Waals surface area contributed by atoms with Crippen LogP contribution in [0.4, 0.5) is 15.8 Å². The second kappa shape index (κ2) is 7.51. The predicted molar refractivity (Wildman–Crippen MR) is 125 cm³/mol. The Hall–Kier alpha value is -3.47. The maximum Gasteiger partial charge on any atom is 0.262 e. The molecule has 5 aliphatic heterocycles. The van der Waals surface area contributed by atoms with E-state index in [0.717, 1.165) is 11.1 Å². The fourth-order valence-electron chi connectivity index (χ4n) is 5.57. The Morgan fingerprint density at radius 3 is 2.89 bits per heavy atom. The van der Waals surface area contributed by atoms with E-state index in [9.17, 15) is 14.0 Å². The first-order valence-electron chi connectivity index (χ1n) is 11.7. The molecule has 0 saturated carbocycles. The number of anilines is 2. The Bertz CT molecular complexity index is 1430. The quantitative estimate of drug-likeness (QED) is 0.524. The van der Waals surface area contributed by atoms with Gasteiger partial charge < -0.3 is 34.3 Å². The summed E-state index contributed by atoms with van der Waals surface area (Å²) in [5, 5.41) is 7.10. The number of pyridine rings is 1. The normalized spacial score (nSPS) is 25.9. The van der Waals surface area contributed by atoms with Crippen molar-refractivity contribution in [3.05, 3.63) is 64.2 Å². The summed E-state index contributed by atoms with van der Waals surface area (Å²) in [4.78, 5) is 26.2. The van der Waals surface area contributed by atoms with Crippen LogP contribution in [0.3, 0.4) is 0 Å². The standard InChI is InChI=1S/C25H23FN4O5/c26-18-4-1-14-2-6-22(32)30-16(9-17(18)23(14)30)11-27-8-7-25-13-29(24(34-25)35-25)15-3-5-20-19(10-15)28-21(31)12-33-20/h1-6,10,16,24,27H,7-9,11-13H2,(H,28,31). The molecule has 2 bridgehead atoms. The van der Waals surface area contributed by atoms with Gasteiger partial charge in [-0.1, -0.05) is 0 Å². The van der Waals surface area contributed by atoms with E-state index >= 15 is 0 Å². The van der Waals surface area contributed by atoms with Gasteiger partial charge in [0, 0.05) is 36.8 Å². The maximum absolute atomic E-state index is 14.4. The number of benzene rings is 2. The molecule has 1 atom stereocenters. The summed E-state index contributed by atoms with van der Waals surface area (Å²) in [5.74, 6) is -0.499. The van der Waals surface area contributed by atoms with Gasteiger partial charge in [-0.15, -0.1) is 0 Å². The summed E-state index contributed by atoms with van der Waals surface area (Å²) in [6.07, 6.45) is 0.650. The van der Waals surface area contributed by atoms with E-state index in [0.29, 0.717) is 55.0 Å². The third-order valence-electron chi connectivity index (χ3n) is 7.23. The van der Waals surface area contributed by atoms with Crippen molar-refractivity contribution in [2.75, 3.05) is 36.5 Å². The lowest BCUT2D eigenvalue weighted by molar-refractivity contribution is -0.405. The molecule has 2 aromatic carbocycles. The van der Waals surface area contributed by atoms with Crippen LogP contribution in [-0.2, 0) is 20.7 Å². The van der Waals surface area contributed by atoms with E-state index < -0.39 is 12.2 Å². The minimum Gasteiger partial charge on any atom is -0.482 e. The first-order valence-corrected chi connectivity index (χ1v) is 11.7. The number of carbonyl (C=O) groups excluding carboxylic acids is 1. The van der Waals surface area contributed by atoms with Crippen molar-refractivity contribution >= 4 is 28.2 Å². The van der Waals surface area contributed by atoms with E-state index in [4.69, 9.17) is 14.2 Å². The van der Waals surface area contributed by atoms with Gasteiger partial charge in [0.2, 0.25) is 6.41 Å². The molecule has 6 heterocycles. The van der Waals surface area contributed by atoms with E-state index in [1.165, 1.54) is 6.07 Å². The topological polar surface area (TPSA) is 94.1 Å². The van der Waals surface area contributed by atoms with Gasteiger partial charge in [0.05, 0.1) is 23.8 Å². The molecule has 8 rings (SSSR count). The fraction of sp³-hybridized carbons (Fsp3) is 0.360. The van der Waals surface area contributed by atoms with E-state index in [1.807, 2.05) is 23.1 Å². The van der Waals surface area contributed by atoms with Crippen molar-refractivity contribution in [1.82, 2.24) is 9.88 Å². The molecule has 0 aliphatic carbocycles. The minimum atomic E-state index is -0.699. The average molecular weight is 478 g/mol. The van der Waals surface area contributed by atoms with Gasteiger partial charge in [0.15, 0.2) is 12.4 Å². The Morgan fingerprint density at radius 1 is 1.14 bits per heavy atom. The van der Waals surface area contributed by atoms with Gasteiger partial charge in [0.1, 0.15) is 11.6 Å². The first-order chi connectivity index (χ1) is 17.0. The molecule has 9 nitrogen and oxygen atoms in total. The lowest BCUT2D eigenvalue weighted by Crippen LogP contribution is -2.49. The second-order valence-corrected chi connectivity index (χ2v) is 9.42. The van der Waals surface area contributed by atoms with Gasteiger partial charge in [-0.2, -0.15) is 0 Å². The van der Waals surface area contributed by atoms with E-state index in [2.05, 4.69) is 10.6 Å². The SMILES string of the molecule is O=C1COc2ccc(N3CC4(CCNCC5Cc6c(F)ccc7ccc(=O)n5c67)OC3O4)cc2N1. The molecular formula is C25H23FN4O5. The lowest BCUT2D eigenvalue weighted by atomic mass is 10.1. The number of rotatable bonds is 6.